The smallest absolute Gasteiger partial charge is 0.410 e. The number of carboxylic acids is 1. The van der Waals surface area contributed by atoms with Crippen LogP contribution in [-0.4, -0.2) is 47.7 Å². The van der Waals surface area contributed by atoms with Gasteiger partial charge in [-0.3, -0.25) is 0 Å². The number of ether oxygens (including phenoxy) is 1. The van der Waals surface area contributed by atoms with E-state index in [1.807, 2.05) is 36.4 Å². The van der Waals surface area contributed by atoms with E-state index in [0.717, 1.165) is 29.8 Å². The minimum Gasteiger partial charge on any atom is -0.478 e. The summed E-state index contributed by atoms with van der Waals surface area (Å²) in [6.45, 7) is 6.65. The van der Waals surface area contributed by atoms with Crippen molar-refractivity contribution in [2.45, 2.75) is 38.3 Å². The first-order chi connectivity index (χ1) is 13.8. The van der Waals surface area contributed by atoms with E-state index in [4.69, 9.17) is 4.74 Å². The van der Waals surface area contributed by atoms with Crippen molar-refractivity contribution in [3.05, 3.63) is 65.2 Å². The topological polar surface area (TPSA) is 70.1 Å². The number of carbonyl (C=O) groups excluding carboxylic acids is 1. The van der Waals surface area contributed by atoms with E-state index < -0.39 is 5.97 Å². The number of hydrogen-bond acceptors (Lipinski definition) is 4. The maximum atomic E-state index is 12.5. The number of hydrogen-bond donors (Lipinski definition) is 1. The largest absolute Gasteiger partial charge is 0.478 e. The van der Waals surface area contributed by atoms with Gasteiger partial charge in [-0.05, 0) is 29.7 Å². The van der Waals surface area contributed by atoms with E-state index in [9.17, 15) is 14.7 Å². The number of benzene rings is 2. The van der Waals surface area contributed by atoms with Crippen molar-refractivity contribution in [1.82, 2.24) is 4.90 Å². The van der Waals surface area contributed by atoms with Crippen molar-refractivity contribution in [3.63, 3.8) is 0 Å². The van der Waals surface area contributed by atoms with Crippen molar-refractivity contribution in [3.8, 4) is 0 Å². The molecule has 29 heavy (non-hydrogen) atoms. The van der Waals surface area contributed by atoms with Crippen molar-refractivity contribution in [2.75, 3.05) is 24.5 Å². The summed E-state index contributed by atoms with van der Waals surface area (Å²) in [4.78, 5) is 28.0. The van der Waals surface area contributed by atoms with Gasteiger partial charge >= 0.3 is 12.1 Å². The molecule has 2 aromatic rings. The molecule has 1 fully saturated rings. The van der Waals surface area contributed by atoms with Gasteiger partial charge < -0.3 is 19.6 Å². The quantitative estimate of drug-likeness (QED) is 0.852. The third-order valence-electron chi connectivity index (χ3n) is 5.92. The molecule has 152 valence electrons. The Bertz CT molecular complexity index is 926. The molecule has 6 heteroatoms. The molecule has 2 aliphatic heterocycles. The van der Waals surface area contributed by atoms with Gasteiger partial charge in [0.15, 0.2) is 0 Å². The van der Waals surface area contributed by atoms with Gasteiger partial charge in [0, 0.05) is 36.8 Å². The fourth-order valence-corrected chi connectivity index (χ4v) is 4.37. The summed E-state index contributed by atoms with van der Waals surface area (Å²) in [5, 5.41) is 9.38. The molecule has 1 N–H and O–H groups in total. The number of aromatic carboxylic acids is 1. The molecule has 0 bridgehead atoms. The molecule has 4 rings (SSSR count). The van der Waals surface area contributed by atoms with Crippen LogP contribution in [0.3, 0.4) is 0 Å². The molecule has 1 unspecified atom stereocenters. The molecule has 1 atom stereocenters. The highest BCUT2D eigenvalue weighted by Gasteiger charge is 2.41. The van der Waals surface area contributed by atoms with Crippen LogP contribution in [0.25, 0.3) is 0 Å². The zero-order valence-electron chi connectivity index (χ0n) is 16.8. The van der Waals surface area contributed by atoms with Crippen LogP contribution in [0.15, 0.2) is 48.5 Å². The van der Waals surface area contributed by atoms with Crippen LogP contribution in [-0.2, 0) is 16.8 Å². The Labute approximate surface area is 170 Å². The Hall–Kier alpha value is -3.02. The van der Waals surface area contributed by atoms with Crippen molar-refractivity contribution < 1.29 is 19.4 Å². The zero-order valence-corrected chi connectivity index (χ0v) is 16.8. The minimum absolute atomic E-state index is 0.0619. The lowest BCUT2D eigenvalue weighted by molar-refractivity contribution is 0.0696. The average Bonchev–Trinajstić information content (AvgIpc) is 3.29. The second-order valence-electron chi connectivity index (χ2n) is 8.48. The normalized spacial score (nSPS) is 19.9. The maximum Gasteiger partial charge on any atom is 0.410 e. The molecule has 0 radical (unpaired) electrons. The standard InChI is InChI=1S/C23H26N2O4/c1-23(2)15-25(20-12-17(21(26)27)8-9-19(20)23)18-10-11-24(13-18)22(28)29-14-16-6-4-3-5-7-16/h3-9,12,18H,10-11,13-15H2,1-2H3,(H,26,27). The van der Waals surface area contributed by atoms with Crippen LogP contribution in [0.2, 0.25) is 0 Å². The van der Waals surface area contributed by atoms with Crippen LogP contribution in [0.4, 0.5) is 10.5 Å². The van der Waals surface area contributed by atoms with E-state index in [-0.39, 0.29) is 24.2 Å². The highest BCUT2D eigenvalue weighted by Crippen LogP contribution is 2.43. The molecule has 1 amide bonds. The summed E-state index contributed by atoms with van der Waals surface area (Å²) in [6, 6.07) is 15.2. The van der Waals surface area contributed by atoms with Crippen LogP contribution in [0.1, 0.15) is 41.8 Å². The molecule has 6 nitrogen and oxygen atoms in total. The van der Waals surface area contributed by atoms with Gasteiger partial charge in [0.25, 0.3) is 0 Å². The summed E-state index contributed by atoms with van der Waals surface area (Å²) >= 11 is 0. The molecule has 2 aromatic carbocycles. The molecule has 2 aliphatic rings. The number of carbonyl (C=O) groups is 2. The van der Waals surface area contributed by atoms with Gasteiger partial charge in [-0.1, -0.05) is 50.2 Å². The van der Waals surface area contributed by atoms with E-state index >= 15 is 0 Å². The fourth-order valence-electron chi connectivity index (χ4n) is 4.37. The van der Waals surface area contributed by atoms with Crippen LogP contribution >= 0.6 is 0 Å². The van der Waals surface area contributed by atoms with Gasteiger partial charge in [-0.25, -0.2) is 9.59 Å². The van der Waals surface area contributed by atoms with Gasteiger partial charge in [0.1, 0.15) is 6.61 Å². The van der Waals surface area contributed by atoms with Crippen molar-refractivity contribution in [1.29, 1.82) is 0 Å². The predicted molar refractivity (Wildman–Crippen MR) is 110 cm³/mol. The van der Waals surface area contributed by atoms with E-state index in [1.165, 1.54) is 0 Å². The monoisotopic (exact) mass is 394 g/mol. The zero-order chi connectivity index (χ0) is 20.6. The van der Waals surface area contributed by atoms with Gasteiger partial charge in [0.05, 0.1) is 5.56 Å². The SMILES string of the molecule is CC1(C)CN(C2CCN(C(=O)OCc3ccccc3)C2)c2cc(C(=O)O)ccc21. The first-order valence-corrected chi connectivity index (χ1v) is 9.95. The molecule has 0 spiro atoms. The summed E-state index contributed by atoms with van der Waals surface area (Å²) in [7, 11) is 0. The lowest BCUT2D eigenvalue weighted by Gasteiger charge is -2.29. The Morgan fingerprint density at radius 1 is 1.17 bits per heavy atom. The number of carboxylic acid groups (broad SMARTS) is 1. The number of anilines is 1. The third-order valence-corrected chi connectivity index (χ3v) is 5.92. The number of amides is 1. The fraction of sp³-hybridized carbons (Fsp3) is 0.391. The summed E-state index contributed by atoms with van der Waals surface area (Å²) in [5.74, 6) is -0.921. The van der Waals surface area contributed by atoms with E-state index in [2.05, 4.69) is 18.7 Å². The predicted octanol–water partition coefficient (Wildman–Crippen LogP) is 3.89. The van der Waals surface area contributed by atoms with E-state index in [0.29, 0.717) is 18.7 Å². The third kappa shape index (κ3) is 3.79. The first-order valence-electron chi connectivity index (χ1n) is 9.95. The summed E-state index contributed by atoms with van der Waals surface area (Å²) in [5.41, 5.74) is 3.33. The average molecular weight is 394 g/mol. The molecule has 0 aliphatic carbocycles. The number of likely N-dealkylation sites (tertiary alicyclic amines) is 1. The highest BCUT2D eigenvalue weighted by atomic mass is 16.6. The molecule has 2 heterocycles. The Morgan fingerprint density at radius 2 is 1.93 bits per heavy atom. The molecule has 0 aromatic heterocycles. The maximum absolute atomic E-state index is 12.5. The second kappa shape index (κ2) is 7.43. The Morgan fingerprint density at radius 3 is 2.66 bits per heavy atom. The number of fused-ring (bicyclic) bond motifs is 1. The van der Waals surface area contributed by atoms with Crippen molar-refractivity contribution >= 4 is 17.7 Å². The summed E-state index contributed by atoms with van der Waals surface area (Å²) in [6.07, 6.45) is 0.544. The summed E-state index contributed by atoms with van der Waals surface area (Å²) < 4.78 is 5.47. The van der Waals surface area contributed by atoms with Gasteiger partial charge in [-0.15, -0.1) is 0 Å². The molecule has 1 saturated heterocycles. The van der Waals surface area contributed by atoms with Gasteiger partial charge in [-0.2, -0.15) is 0 Å². The molecular weight excluding hydrogens is 368 g/mol. The highest BCUT2D eigenvalue weighted by molar-refractivity contribution is 5.89. The van der Waals surface area contributed by atoms with Crippen LogP contribution < -0.4 is 4.90 Å². The van der Waals surface area contributed by atoms with Gasteiger partial charge in [0.2, 0.25) is 0 Å². The molecular formula is C23H26N2O4. The van der Waals surface area contributed by atoms with Crippen LogP contribution in [0.5, 0.6) is 0 Å². The van der Waals surface area contributed by atoms with E-state index in [1.54, 1.807) is 17.0 Å². The minimum atomic E-state index is -0.921. The number of rotatable bonds is 4. The second-order valence-corrected chi connectivity index (χ2v) is 8.48. The Balaban J connectivity index is 1.45. The number of nitrogens with zero attached hydrogens (tertiary/aromatic N) is 2. The Kier molecular flexibility index (Phi) is 4.94. The van der Waals surface area contributed by atoms with Crippen LogP contribution in [0, 0.1) is 0 Å². The van der Waals surface area contributed by atoms with Crippen molar-refractivity contribution in [2.24, 2.45) is 0 Å². The molecule has 0 saturated carbocycles. The first kappa shape index (κ1) is 19.3. The lowest BCUT2D eigenvalue weighted by atomic mass is 9.86. The lowest BCUT2D eigenvalue weighted by Crippen LogP contribution is -2.40.